The first-order valence-electron chi connectivity index (χ1n) is 9.65. The number of carbonyl (C=O) groups is 1. The molecule has 10 heteroatoms. The van der Waals surface area contributed by atoms with Gasteiger partial charge in [-0.1, -0.05) is 0 Å². The molecule has 1 amide bonds. The number of carbonyl (C=O) groups excluding carboxylic acids is 1. The van der Waals surface area contributed by atoms with Crippen LogP contribution in [0.1, 0.15) is 47.6 Å². The lowest BCUT2D eigenvalue weighted by Gasteiger charge is -2.27. The molecule has 156 valence electrons. The minimum atomic E-state index is -3.46. The number of fused-ring (bicyclic) bond motifs is 1. The second-order valence-corrected chi connectivity index (χ2v) is 9.61. The number of anilines is 1. The standard InChI is InChI=1S/C19H25N5O4S/c1-13(2)23-12-20-18(21-23)16-11-24(29(3,26)27)17-5-4-14(10-15(16)17)19(25)22-6-8-28-9-7-22/h4-5,10,12-13,16H,6-9,11H2,1-3H3. The topological polar surface area (TPSA) is 97.6 Å². The highest BCUT2D eigenvalue weighted by molar-refractivity contribution is 7.92. The van der Waals surface area contributed by atoms with Gasteiger partial charge in [0.2, 0.25) is 10.0 Å². The maximum Gasteiger partial charge on any atom is 0.254 e. The largest absolute Gasteiger partial charge is 0.378 e. The van der Waals surface area contributed by atoms with Crippen molar-refractivity contribution in [1.29, 1.82) is 0 Å². The fraction of sp³-hybridized carbons (Fsp3) is 0.526. The summed E-state index contributed by atoms with van der Waals surface area (Å²) in [5.41, 5.74) is 1.88. The van der Waals surface area contributed by atoms with Crippen LogP contribution < -0.4 is 4.31 Å². The van der Waals surface area contributed by atoms with Gasteiger partial charge in [0.25, 0.3) is 5.91 Å². The normalized spacial score (nSPS) is 19.7. The number of nitrogens with zero attached hydrogens (tertiary/aromatic N) is 5. The molecule has 3 heterocycles. The Kier molecular flexibility index (Phi) is 5.07. The molecule has 0 saturated carbocycles. The summed E-state index contributed by atoms with van der Waals surface area (Å²) >= 11 is 0. The third kappa shape index (κ3) is 3.74. The van der Waals surface area contributed by atoms with Crippen molar-refractivity contribution in [3.8, 4) is 0 Å². The number of aromatic nitrogens is 3. The summed E-state index contributed by atoms with van der Waals surface area (Å²) in [6.45, 7) is 6.39. The van der Waals surface area contributed by atoms with Gasteiger partial charge in [-0.2, -0.15) is 5.10 Å². The number of amides is 1. The van der Waals surface area contributed by atoms with Gasteiger partial charge in [0, 0.05) is 31.2 Å². The molecule has 0 aliphatic carbocycles. The van der Waals surface area contributed by atoms with Crippen LogP contribution in [0, 0.1) is 0 Å². The zero-order valence-corrected chi connectivity index (χ0v) is 17.6. The highest BCUT2D eigenvalue weighted by Crippen LogP contribution is 2.41. The van der Waals surface area contributed by atoms with Crippen LogP contribution in [-0.4, -0.2) is 73.1 Å². The number of morpholine rings is 1. The maximum absolute atomic E-state index is 12.9. The number of hydrogen-bond donors (Lipinski definition) is 0. The minimum Gasteiger partial charge on any atom is -0.378 e. The van der Waals surface area contributed by atoms with Gasteiger partial charge < -0.3 is 9.64 Å². The molecule has 1 unspecified atom stereocenters. The summed E-state index contributed by atoms with van der Waals surface area (Å²) in [7, 11) is -3.46. The van der Waals surface area contributed by atoms with Crippen LogP contribution in [0.2, 0.25) is 0 Å². The zero-order valence-electron chi connectivity index (χ0n) is 16.8. The van der Waals surface area contributed by atoms with Crippen LogP contribution in [0.3, 0.4) is 0 Å². The highest BCUT2D eigenvalue weighted by atomic mass is 32.2. The number of ether oxygens (including phenoxy) is 1. The lowest BCUT2D eigenvalue weighted by atomic mass is 9.98. The SMILES string of the molecule is CC(C)n1cnc(C2CN(S(C)(=O)=O)c3ccc(C(=O)N4CCOCC4)cc32)n1. The predicted molar refractivity (Wildman–Crippen MR) is 108 cm³/mol. The van der Waals surface area contributed by atoms with Gasteiger partial charge in [-0.05, 0) is 37.6 Å². The molecule has 0 spiro atoms. The van der Waals surface area contributed by atoms with Gasteiger partial charge in [0.15, 0.2) is 5.82 Å². The van der Waals surface area contributed by atoms with Crippen molar-refractivity contribution in [1.82, 2.24) is 19.7 Å². The van der Waals surface area contributed by atoms with E-state index in [1.165, 1.54) is 10.6 Å². The predicted octanol–water partition coefficient (Wildman–Crippen LogP) is 1.24. The number of benzene rings is 1. The van der Waals surface area contributed by atoms with Gasteiger partial charge in [0.05, 0.1) is 31.1 Å². The molecule has 2 aliphatic rings. The Morgan fingerprint density at radius 3 is 2.59 bits per heavy atom. The number of hydrogen-bond acceptors (Lipinski definition) is 6. The van der Waals surface area contributed by atoms with Gasteiger partial charge in [0.1, 0.15) is 6.33 Å². The van der Waals surface area contributed by atoms with Crippen LogP contribution in [0.25, 0.3) is 0 Å². The molecule has 2 aromatic rings. The third-order valence-electron chi connectivity index (χ3n) is 5.33. The van der Waals surface area contributed by atoms with Gasteiger partial charge in [-0.25, -0.2) is 13.4 Å². The quantitative estimate of drug-likeness (QED) is 0.740. The molecule has 1 aromatic heterocycles. The summed E-state index contributed by atoms with van der Waals surface area (Å²) < 4.78 is 33.1. The van der Waals surface area contributed by atoms with E-state index in [0.717, 1.165) is 5.56 Å². The Balaban J connectivity index is 1.73. The van der Waals surface area contributed by atoms with E-state index in [2.05, 4.69) is 10.1 Å². The number of sulfonamides is 1. The molecular formula is C19H25N5O4S. The fourth-order valence-electron chi connectivity index (χ4n) is 3.74. The first-order valence-corrected chi connectivity index (χ1v) is 11.5. The van der Waals surface area contributed by atoms with Gasteiger partial charge in [-0.15, -0.1) is 0 Å². The first-order chi connectivity index (χ1) is 13.8. The zero-order chi connectivity index (χ0) is 20.8. The Labute approximate surface area is 170 Å². The van der Waals surface area contributed by atoms with Gasteiger partial charge in [-0.3, -0.25) is 13.8 Å². The van der Waals surface area contributed by atoms with Gasteiger partial charge >= 0.3 is 0 Å². The molecule has 1 saturated heterocycles. The summed E-state index contributed by atoms with van der Waals surface area (Å²) in [6, 6.07) is 5.34. The van der Waals surface area contributed by atoms with E-state index in [1.54, 1.807) is 34.1 Å². The first kappa shape index (κ1) is 19.8. The van der Waals surface area contributed by atoms with Crippen molar-refractivity contribution < 1.29 is 17.9 Å². The molecule has 0 N–H and O–H groups in total. The lowest BCUT2D eigenvalue weighted by Crippen LogP contribution is -2.40. The van der Waals surface area contributed by atoms with Crippen LogP contribution in [0.4, 0.5) is 5.69 Å². The lowest BCUT2D eigenvalue weighted by molar-refractivity contribution is 0.0303. The van der Waals surface area contributed by atoms with Crippen molar-refractivity contribution in [3.05, 3.63) is 41.5 Å². The average Bonchev–Trinajstić information content (AvgIpc) is 3.32. The molecule has 1 fully saturated rings. The summed E-state index contributed by atoms with van der Waals surface area (Å²) in [6.07, 6.45) is 2.84. The van der Waals surface area contributed by atoms with E-state index in [4.69, 9.17) is 4.74 Å². The van der Waals surface area contributed by atoms with E-state index in [9.17, 15) is 13.2 Å². The second kappa shape index (κ2) is 7.42. The van der Waals surface area contributed by atoms with Crippen molar-refractivity contribution in [2.24, 2.45) is 0 Å². The summed E-state index contributed by atoms with van der Waals surface area (Å²) in [4.78, 5) is 19.1. The van der Waals surface area contributed by atoms with E-state index >= 15 is 0 Å². The maximum atomic E-state index is 12.9. The van der Waals surface area contributed by atoms with Crippen molar-refractivity contribution in [2.45, 2.75) is 25.8 Å². The van der Waals surface area contributed by atoms with Crippen LogP contribution in [0.15, 0.2) is 24.5 Å². The van der Waals surface area contributed by atoms with E-state index in [1.807, 2.05) is 13.8 Å². The molecule has 1 aromatic carbocycles. The van der Waals surface area contributed by atoms with E-state index in [-0.39, 0.29) is 24.4 Å². The van der Waals surface area contributed by atoms with E-state index in [0.29, 0.717) is 43.4 Å². The minimum absolute atomic E-state index is 0.0756. The monoisotopic (exact) mass is 419 g/mol. The Morgan fingerprint density at radius 2 is 1.97 bits per heavy atom. The van der Waals surface area contributed by atoms with Crippen LogP contribution in [0.5, 0.6) is 0 Å². The summed E-state index contributed by atoms with van der Waals surface area (Å²) in [5, 5.41) is 4.54. The smallest absolute Gasteiger partial charge is 0.254 e. The van der Waals surface area contributed by atoms with Crippen molar-refractivity contribution >= 4 is 21.6 Å². The van der Waals surface area contributed by atoms with Crippen LogP contribution >= 0.6 is 0 Å². The van der Waals surface area contributed by atoms with E-state index < -0.39 is 10.0 Å². The third-order valence-corrected chi connectivity index (χ3v) is 6.48. The molecule has 4 rings (SSSR count). The second-order valence-electron chi connectivity index (χ2n) is 7.70. The molecule has 2 aliphatic heterocycles. The Hall–Kier alpha value is -2.46. The van der Waals surface area contributed by atoms with Crippen LogP contribution in [-0.2, 0) is 14.8 Å². The number of rotatable bonds is 4. The molecule has 0 bridgehead atoms. The summed E-state index contributed by atoms with van der Waals surface area (Å²) in [5.74, 6) is 0.160. The molecule has 29 heavy (non-hydrogen) atoms. The average molecular weight is 420 g/mol. The Bertz CT molecular complexity index is 1030. The highest BCUT2D eigenvalue weighted by Gasteiger charge is 2.37. The van der Waals surface area contributed by atoms with Crippen molar-refractivity contribution in [2.75, 3.05) is 43.4 Å². The molecule has 1 atom stereocenters. The van der Waals surface area contributed by atoms with Crippen molar-refractivity contribution in [3.63, 3.8) is 0 Å². The fourth-order valence-corrected chi connectivity index (χ4v) is 4.68. The molecular weight excluding hydrogens is 394 g/mol. The molecule has 0 radical (unpaired) electrons. The molecule has 9 nitrogen and oxygen atoms in total. The Morgan fingerprint density at radius 1 is 1.24 bits per heavy atom.